The van der Waals surface area contributed by atoms with Crippen LogP contribution in [0.3, 0.4) is 0 Å². The van der Waals surface area contributed by atoms with E-state index >= 15 is 0 Å². The first-order chi connectivity index (χ1) is 12.4. The fraction of sp³-hybridized carbons (Fsp3) is 0.158. The Morgan fingerprint density at radius 1 is 1.12 bits per heavy atom. The van der Waals surface area contributed by atoms with Crippen LogP contribution in [0.25, 0.3) is 10.6 Å². The van der Waals surface area contributed by atoms with Gasteiger partial charge >= 0.3 is 6.03 Å². The molecule has 0 saturated carbocycles. The van der Waals surface area contributed by atoms with Gasteiger partial charge in [0, 0.05) is 26.2 Å². The number of anilines is 1. The molecule has 0 radical (unpaired) electrons. The summed E-state index contributed by atoms with van der Waals surface area (Å²) < 4.78 is 0. The van der Waals surface area contributed by atoms with Crippen LogP contribution in [0, 0.1) is 13.8 Å². The number of carbonyl (C=O) groups excluding carboxylic acids is 1. The summed E-state index contributed by atoms with van der Waals surface area (Å²) in [6.07, 6.45) is 0. The van der Waals surface area contributed by atoms with E-state index in [9.17, 15) is 4.79 Å². The number of aromatic nitrogens is 1. The maximum absolute atomic E-state index is 12.1. The standard InChI is InChI=1S/C19H17Cl2N3OS/c1-11-5-3-4-6-16(11)18-23-12(2)17(26-18)10-22-19(25)24-15-8-13(20)7-14(21)9-15/h3-9H,10H2,1-2H3,(H2,22,24,25). The summed E-state index contributed by atoms with van der Waals surface area (Å²) in [6.45, 7) is 4.41. The van der Waals surface area contributed by atoms with Crippen molar-refractivity contribution in [3.8, 4) is 10.6 Å². The number of benzene rings is 2. The molecule has 7 heteroatoms. The molecule has 0 spiro atoms. The molecular formula is C19H17Cl2N3OS. The lowest BCUT2D eigenvalue weighted by Gasteiger charge is -2.08. The molecule has 0 aliphatic rings. The normalized spacial score (nSPS) is 10.6. The van der Waals surface area contributed by atoms with Crippen LogP contribution in [0.2, 0.25) is 10.0 Å². The molecule has 1 heterocycles. The van der Waals surface area contributed by atoms with Crippen molar-refractivity contribution in [1.82, 2.24) is 10.3 Å². The van der Waals surface area contributed by atoms with Crippen LogP contribution in [0.5, 0.6) is 0 Å². The number of carbonyl (C=O) groups is 1. The SMILES string of the molecule is Cc1ccccc1-c1nc(C)c(CNC(=O)Nc2cc(Cl)cc(Cl)c2)s1. The van der Waals surface area contributed by atoms with Crippen molar-refractivity contribution in [2.45, 2.75) is 20.4 Å². The largest absolute Gasteiger partial charge is 0.333 e. The van der Waals surface area contributed by atoms with E-state index in [1.54, 1.807) is 29.5 Å². The van der Waals surface area contributed by atoms with Gasteiger partial charge in [-0.25, -0.2) is 9.78 Å². The number of hydrogen-bond acceptors (Lipinski definition) is 3. The van der Waals surface area contributed by atoms with E-state index in [4.69, 9.17) is 23.2 Å². The van der Waals surface area contributed by atoms with Crippen LogP contribution in [0.1, 0.15) is 16.1 Å². The Morgan fingerprint density at radius 2 is 1.81 bits per heavy atom. The Hall–Kier alpha value is -2.08. The predicted octanol–water partition coefficient (Wildman–Crippen LogP) is 6.06. The van der Waals surface area contributed by atoms with Gasteiger partial charge in [0.2, 0.25) is 0 Å². The molecule has 4 nitrogen and oxygen atoms in total. The lowest BCUT2D eigenvalue weighted by molar-refractivity contribution is 0.252. The number of halogens is 2. The third-order valence-corrected chi connectivity index (χ3v) is 5.43. The van der Waals surface area contributed by atoms with E-state index < -0.39 is 0 Å². The van der Waals surface area contributed by atoms with E-state index in [0.717, 1.165) is 21.1 Å². The summed E-state index contributed by atoms with van der Waals surface area (Å²) in [4.78, 5) is 17.8. The number of urea groups is 1. The minimum absolute atomic E-state index is 0.325. The summed E-state index contributed by atoms with van der Waals surface area (Å²) in [6, 6.07) is 12.7. The van der Waals surface area contributed by atoms with Crippen molar-refractivity contribution in [1.29, 1.82) is 0 Å². The predicted molar refractivity (Wildman–Crippen MR) is 109 cm³/mol. The first kappa shape index (κ1) is 18.7. The minimum Gasteiger partial charge on any atom is -0.333 e. The molecule has 1 aromatic heterocycles. The van der Waals surface area contributed by atoms with Crippen molar-refractivity contribution in [2.75, 3.05) is 5.32 Å². The topological polar surface area (TPSA) is 54.0 Å². The zero-order valence-corrected chi connectivity index (χ0v) is 16.6. The molecule has 0 bridgehead atoms. The van der Waals surface area contributed by atoms with Crippen molar-refractivity contribution in [2.24, 2.45) is 0 Å². The maximum atomic E-state index is 12.1. The number of rotatable bonds is 4. The highest BCUT2D eigenvalue weighted by atomic mass is 35.5. The second-order valence-corrected chi connectivity index (χ2v) is 7.76. The Labute approximate surface area is 166 Å². The quantitative estimate of drug-likeness (QED) is 0.554. The summed E-state index contributed by atoms with van der Waals surface area (Å²) in [5, 5.41) is 7.46. The van der Waals surface area contributed by atoms with Crippen molar-refractivity contribution >= 4 is 46.3 Å². The number of nitrogens with zero attached hydrogens (tertiary/aromatic N) is 1. The highest BCUT2D eigenvalue weighted by molar-refractivity contribution is 7.15. The second kappa shape index (κ2) is 8.08. The number of aryl methyl sites for hydroxylation is 2. The van der Waals surface area contributed by atoms with Crippen molar-refractivity contribution < 1.29 is 4.79 Å². The van der Waals surface area contributed by atoms with Crippen LogP contribution in [0.15, 0.2) is 42.5 Å². The van der Waals surface area contributed by atoms with Gasteiger partial charge in [0.05, 0.1) is 12.2 Å². The Kier molecular flexibility index (Phi) is 5.81. The third-order valence-electron chi connectivity index (χ3n) is 3.80. The molecule has 3 rings (SSSR count). The van der Waals surface area contributed by atoms with Crippen LogP contribution >= 0.6 is 34.5 Å². The molecule has 2 N–H and O–H groups in total. The molecule has 2 amide bonds. The highest BCUT2D eigenvalue weighted by Crippen LogP contribution is 2.30. The molecule has 3 aromatic rings. The fourth-order valence-electron chi connectivity index (χ4n) is 2.48. The van der Waals surface area contributed by atoms with Gasteiger partial charge in [-0.2, -0.15) is 0 Å². The van der Waals surface area contributed by atoms with Gasteiger partial charge in [-0.15, -0.1) is 11.3 Å². The molecule has 0 saturated heterocycles. The van der Waals surface area contributed by atoms with E-state index in [-0.39, 0.29) is 6.03 Å². The van der Waals surface area contributed by atoms with Crippen LogP contribution in [-0.2, 0) is 6.54 Å². The maximum Gasteiger partial charge on any atom is 0.319 e. The molecule has 0 atom stereocenters. The molecular weight excluding hydrogens is 389 g/mol. The minimum atomic E-state index is -0.325. The van der Waals surface area contributed by atoms with Crippen LogP contribution in [-0.4, -0.2) is 11.0 Å². The van der Waals surface area contributed by atoms with E-state index in [1.807, 2.05) is 19.1 Å². The van der Waals surface area contributed by atoms with Crippen LogP contribution < -0.4 is 10.6 Å². The monoisotopic (exact) mass is 405 g/mol. The van der Waals surface area contributed by atoms with Crippen molar-refractivity contribution in [3.05, 3.63) is 68.6 Å². The number of thiazole rings is 1. The van der Waals surface area contributed by atoms with Gasteiger partial charge < -0.3 is 10.6 Å². The molecule has 26 heavy (non-hydrogen) atoms. The molecule has 0 aliphatic heterocycles. The first-order valence-electron chi connectivity index (χ1n) is 7.95. The average Bonchev–Trinajstić information content (AvgIpc) is 2.93. The Balaban J connectivity index is 1.66. The number of amides is 2. The molecule has 0 unspecified atom stereocenters. The zero-order valence-electron chi connectivity index (χ0n) is 14.3. The smallest absolute Gasteiger partial charge is 0.319 e. The van der Waals surface area contributed by atoms with Gasteiger partial charge in [0.1, 0.15) is 5.01 Å². The van der Waals surface area contributed by atoms with Gasteiger partial charge in [-0.1, -0.05) is 47.5 Å². The highest BCUT2D eigenvalue weighted by Gasteiger charge is 2.12. The van der Waals surface area contributed by atoms with Crippen molar-refractivity contribution in [3.63, 3.8) is 0 Å². The lowest BCUT2D eigenvalue weighted by Crippen LogP contribution is -2.28. The number of hydrogen-bond donors (Lipinski definition) is 2. The Morgan fingerprint density at radius 3 is 2.50 bits per heavy atom. The summed E-state index contributed by atoms with van der Waals surface area (Å²) in [7, 11) is 0. The van der Waals surface area contributed by atoms with E-state index in [2.05, 4.69) is 34.7 Å². The summed E-state index contributed by atoms with van der Waals surface area (Å²) in [5.74, 6) is 0. The second-order valence-electron chi connectivity index (χ2n) is 5.81. The lowest BCUT2D eigenvalue weighted by atomic mass is 10.1. The third kappa shape index (κ3) is 4.55. The molecule has 0 aliphatic carbocycles. The fourth-order valence-corrected chi connectivity index (χ4v) is 4.10. The van der Waals surface area contributed by atoms with Gasteiger partial charge in [0.15, 0.2) is 0 Å². The summed E-state index contributed by atoms with van der Waals surface area (Å²) in [5.41, 5.74) is 3.75. The summed E-state index contributed by atoms with van der Waals surface area (Å²) >= 11 is 13.5. The Bertz CT molecular complexity index is 935. The van der Waals surface area contributed by atoms with Crippen LogP contribution in [0.4, 0.5) is 10.5 Å². The van der Waals surface area contributed by atoms with Gasteiger partial charge in [-0.3, -0.25) is 0 Å². The molecule has 2 aromatic carbocycles. The van der Waals surface area contributed by atoms with E-state index in [0.29, 0.717) is 22.3 Å². The van der Waals surface area contributed by atoms with Gasteiger partial charge in [-0.05, 0) is 37.6 Å². The zero-order chi connectivity index (χ0) is 18.7. The first-order valence-corrected chi connectivity index (χ1v) is 9.53. The van der Waals surface area contributed by atoms with E-state index in [1.165, 1.54) is 5.56 Å². The average molecular weight is 406 g/mol. The van der Waals surface area contributed by atoms with Gasteiger partial charge in [0.25, 0.3) is 0 Å². The number of nitrogens with one attached hydrogen (secondary N) is 2. The molecule has 0 fully saturated rings. The molecule has 134 valence electrons.